The minimum atomic E-state index is 0.976. The highest BCUT2D eigenvalue weighted by Crippen LogP contribution is 2.56. The van der Waals surface area contributed by atoms with E-state index in [1.165, 1.54) is 88.8 Å². The molecule has 6 aromatic rings. The summed E-state index contributed by atoms with van der Waals surface area (Å²) in [5.41, 5.74) is 20.1. The van der Waals surface area contributed by atoms with Crippen molar-refractivity contribution in [2.24, 2.45) is 0 Å². The summed E-state index contributed by atoms with van der Waals surface area (Å²) in [4.78, 5) is 2.37. The molecule has 1 nitrogen and oxygen atoms in total. The van der Waals surface area contributed by atoms with Crippen LogP contribution in [0.5, 0.6) is 0 Å². The standard InChI is InChI=1S/C50H37N/c1-33-40-24-9-8-17-35(40)29-30-51(46-28-11-10-25-41(33)46)39-23-12-22-38(31-39)45-32-44(34-15-4-2-5-16-34)49-42-26-13-20-36-21-14-27-43(47(36)42)50(49)48(45)37-18-6-3-7-19-37/h3-4,6-9,11-24,26-32H,1-2,5,10,25H2/b30-29-. The lowest BCUT2D eigenvalue weighted by Crippen LogP contribution is -2.19. The molecule has 0 unspecified atom stereocenters. The molecule has 0 atom stereocenters. The van der Waals surface area contributed by atoms with Gasteiger partial charge in [0.1, 0.15) is 0 Å². The van der Waals surface area contributed by atoms with Crippen LogP contribution in [0.4, 0.5) is 5.69 Å². The lowest BCUT2D eigenvalue weighted by atomic mass is 9.81. The fraction of sp³-hybridized carbons (Fsp3) is 0.0800. The van der Waals surface area contributed by atoms with Crippen LogP contribution < -0.4 is 4.90 Å². The van der Waals surface area contributed by atoms with Gasteiger partial charge in [-0.15, -0.1) is 0 Å². The summed E-state index contributed by atoms with van der Waals surface area (Å²) in [6.07, 6.45) is 20.3. The molecule has 4 aliphatic rings. The second-order valence-corrected chi connectivity index (χ2v) is 13.9. The van der Waals surface area contributed by atoms with Crippen molar-refractivity contribution in [3.8, 4) is 44.5 Å². The van der Waals surface area contributed by atoms with Crippen molar-refractivity contribution in [3.05, 3.63) is 192 Å². The summed E-state index contributed by atoms with van der Waals surface area (Å²) < 4.78 is 0. The SMILES string of the molecule is C=C1C2=C(C=CCC2)N(c2cccc(-c3cc(C4=CCCC=C4)c4c(c3-c3ccccc3)-c3cccc5cccc-4c35)c2)/C=C\c2ccccc21. The van der Waals surface area contributed by atoms with Crippen LogP contribution in [0.15, 0.2) is 176 Å². The molecular weight excluding hydrogens is 615 g/mol. The van der Waals surface area contributed by atoms with E-state index in [-0.39, 0.29) is 0 Å². The van der Waals surface area contributed by atoms with Gasteiger partial charge in [-0.3, -0.25) is 0 Å². The van der Waals surface area contributed by atoms with Crippen molar-refractivity contribution in [3.63, 3.8) is 0 Å². The topological polar surface area (TPSA) is 3.24 Å². The van der Waals surface area contributed by atoms with Crippen LogP contribution in [-0.2, 0) is 0 Å². The van der Waals surface area contributed by atoms with Crippen molar-refractivity contribution in [2.45, 2.75) is 25.7 Å². The van der Waals surface area contributed by atoms with E-state index in [1.807, 2.05) is 0 Å². The molecule has 0 saturated heterocycles. The van der Waals surface area contributed by atoms with Crippen LogP contribution in [0.2, 0.25) is 0 Å². The Kier molecular flexibility index (Phi) is 6.99. The molecule has 0 spiro atoms. The molecule has 6 aromatic carbocycles. The zero-order chi connectivity index (χ0) is 33.9. The van der Waals surface area contributed by atoms with Gasteiger partial charge in [0.25, 0.3) is 0 Å². The number of fused-ring (bicyclic) bond motifs is 4. The number of allylic oxidation sites excluding steroid dienone is 8. The van der Waals surface area contributed by atoms with E-state index < -0.39 is 0 Å². The maximum Gasteiger partial charge on any atom is 0.0490 e. The van der Waals surface area contributed by atoms with Crippen LogP contribution in [0.3, 0.4) is 0 Å². The predicted octanol–water partition coefficient (Wildman–Crippen LogP) is 13.7. The van der Waals surface area contributed by atoms with Gasteiger partial charge >= 0.3 is 0 Å². The molecule has 0 aromatic heterocycles. The van der Waals surface area contributed by atoms with Gasteiger partial charge in [0, 0.05) is 17.6 Å². The van der Waals surface area contributed by atoms with Crippen molar-refractivity contribution >= 4 is 33.7 Å². The molecule has 1 heterocycles. The van der Waals surface area contributed by atoms with E-state index in [2.05, 4.69) is 175 Å². The summed E-state index contributed by atoms with van der Waals surface area (Å²) in [6.45, 7) is 4.64. The Balaban J connectivity index is 1.24. The molecule has 0 N–H and O–H groups in total. The highest BCUT2D eigenvalue weighted by atomic mass is 15.1. The monoisotopic (exact) mass is 651 g/mol. The lowest BCUT2D eigenvalue weighted by molar-refractivity contribution is 0.955. The van der Waals surface area contributed by atoms with Gasteiger partial charge in [-0.1, -0.05) is 134 Å². The van der Waals surface area contributed by atoms with Gasteiger partial charge in [0.2, 0.25) is 0 Å². The summed E-state index contributed by atoms with van der Waals surface area (Å²) >= 11 is 0. The molecule has 0 amide bonds. The van der Waals surface area contributed by atoms with Crippen LogP contribution in [0.25, 0.3) is 72.5 Å². The van der Waals surface area contributed by atoms with E-state index in [0.29, 0.717) is 0 Å². The summed E-state index contributed by atoms with van der Waals surface area (Å²) in [5.74, 6) is 0. The first-order chi connectivity index (χ1) is 25.2. The first kappa shape index (κ1) is 29.7. The number of rotatable bonds is 4. The second kappa shape index (κ2) is 12.0. The maximum absolute atomic E-state index is 4.64. The fourth-order valence-corrected chi connectivity index (χ4v) is 8.71. The highest BCUT2D eigenvalue weighted by Gasteiger charge is 2.31. The van der Waals surface area contributed by atoms with E-state index in [1.54, 1.807) is 0 Å². The second-order valence-electron chi connectivity index (χ2n) is 13.9. The normalized spacial score (nSPS) is 16.4. The smallest absolute Gasteiger partial charge is 0.0490 e. The minimum Gasteiger partial charge on any atom is -0.317 e. The first-order valence-electron chi connectivity index (χ1n) is 18.2. The molecule has 0 radical (unpaired) electrons. The molecule has 51 heavy (non-hydrogen) atoms. The Morgan fingerprint density at radius 1 is 0.529 bits per heavy atom. The number of benzene rings is 6. The van der Waals surface area contributed by atoms with Gasteiger partial charge in [-0.05, 0) is 145 Å². The van der Waals surface area contributed by atoms with E-state index in [0.717, 1.165) is 36.9 Å². The number of nitrogens with zero attached hydrogens (tertiary/aromatic N) is 1. The lowest BCUT2D eigenvalue weighted by Gasteiger charge is -2.30. The molecule has 0 saturated carbocycles. The van der Waals surface area contributed by atoms with Crippen molar-refractivity contribution in [2.75, 3.05) is 4.90 Å². The average molecular weight is 652 g/mol. The van der Waals surface area contributed by atoms with Crippen molar-refractivity contribution in [1.82, 2.24) is 0 Å². The minimum absolute atomic E-state index is 0.976. The summed E-state index contributed by atoms with van der Waals surface area (Å²) in [6, 6.07) is 44.9. The third-order valence-electron chi connectivity index (χ3n) is 11.0. The quantitative estimate of drug-likeness (QED) is 0.183. The van der Waals surface area contributed by atoms with Gasteiger partial charge in [-0.25, -0.2) is 0 Å². The van der Waals surface area contributed by atoms with Crippen LogP contribution in [0.1, 0.15) is 42.4 Å². The Bertz CT molecular complexity index is 2580. The average Bonchev–Trinajstić information content (AvgIpc) is 3.53. The Labute approximate surface area is 300 Å². The van der Waals surface area contributed by atoms with Gasteiger partial charge in [-0.2, -0.15) is 0 Å². The van der Waals surface area contributed by atoms with E-state index in [4.69, 9.17) is 0 Å². The zero-order valence-electron chi connectivity index (χ0n) is 28.6. The molecule has 10 rings (SSSR count). The van der Waals surface area contributed by atoms with Crippen molar-refractivity contribution in [1.29, 1.82) is 0 Å². The molecule has 0 fully saturated rings. The van der Waals surface area contributed by atoms with Gasteiger partial charge < -0.3 is 4.90 Å². The molecule has 242 valence electrons. The van der Waals surface area contributed by atoms with Crippen LogP contribution in [0, 0.1) is 0 Å². The molecular formula is C50H37N. The molecule has 1 heteroatoms. The summed E-state index contributed by atoms with van der Waals surface area (Å²) in [5, 5.41) is 2.65. The Morgan fingerprint density at radius 3 is 2.12 bits per heavy atom. The number of anilines is 1. The van der Waals surface area contributed by atoms with E-state index >= 15 is 0 Å². The maximum atomic E-state index is 4.64. The largest absolute Gasteiger partial charge is 0.317 e. The third kappa shape index (κ3) is 4.77. The third-order valence-corrected chi connectivity index (χ3v) is 11.0. The number of hydrogen-bond acceptors (Lipinski definition) is 1. The van der Waals surface area contributed by atoms with Gasteiger partial charge in [0.15, 0.2) is 0 Å². The fourth-order valence-electron chi connectivity index (χ4n) is 8.71. The molecule has 0 bridgehead atoms. The molecule has 1 aliphatic heterocycles. The van der Waals surface area contributed by atoms with Crippen molar-refractivity contribution < 1.29 is 0 Å². The first-order valence-corrected chi connectivity index (χ1v) is 18.2. The zero-order valence-corrected chi connectivity index (χ0v) is 28.6. The Hall–Kier alpha value is -6.18. The Morgan fingerprint density at radius 2 is 1.27 bits per heavy atom. The van der Waals surface area contributed by atoms with Gasteiger partial charge in [0.05, 0.1) is 0 Å². The number of hydrogen-bond donors (Lipinski definition) is 0. The highest BCUT2D eigenvalue weighted by molar-refractivity contribution is 6.22. The predicted molar refractivity (Wildman–Crippen MR) is 218 cm³/mol. The van der Waals surface area contributed by atoms with Crippen LogP contribution in [-0.4, -0.2) is 0 Å². The molecule has 3 aliphatic carbocycles. The van der Waals surface area contributed by atoms with E-state index in [9.17, 15) is 0 Å². The summed E-state index contributed by atoms with van der Waals surface area (Å²) in [7, 11) is 0. The van der Waals surface area contributed by atoms with Crippen LogP contribution >= 0.6 is 0 Å².